The van der Waals surface area contributed by atoms with Gasteiger partial charge in [-0.05, 0) is 19.3 Å². The summed E-state index contributed by atoms with van der Waals surface area (Å²) in [7, 11) is 0. The molecular weight excluding hydrogens is 497 g/mol. The molecule has 10 heteroatoms. The number of aromatic nitrogens is 3. The van der Waals surface area contributed by atoms with Crippen LogP contribution in [0, 0.1) is 0 Å². The number of hydrogen-bond acceptors (Lipinski definition) is 5. The maximum absolute atomic E-state index is 12.6. The number of ether oxygens (including phenoxy) is 1. The van der Waals surface area contributed by atoms with E-state index in [0.29, 0.717) is 6.61 Å². The first-order chi connectivity index (χ1) is 14.2. The number of aryl methyl sites for hydroxylation is 1. The largest absolute Gasteiger partial charge is 0.368 e. The fourth-order valence-electron chi connectivity index (χ4n) is 3.75. The SMILES string of the molecule is CCCCN=C(NCCn1cnnc1CC)N1CCN(C(=O)C2CCCO2)CC1.I. The maximum atomic E-state index is 12.6. The molecule has 0 aliphatic carbocycles. The number of amides is 1. The molecule has 2 aliphatic rings. The molecule has 0 bridgehead atoms. The first-order valence-corrected chi connectivity index (χ1v) is 11.0. The van der Waals surface area contributed by atoms with Gasteiger partial charge in [-0.15, -0.1) is 34.2 Å². The second-order valence-electron chi connectivity index (χ2n) is 7.59. The molecule has 2 aliphatic heterocycles. The summed E-state index contributed by atoms with van der Waals surface area (Å²) in [5, 5.41) is 11.6. The van der Waals surface area contributed by atoms with Gasteiger partial charge in [0.25, 0.3) is 5.91 Å². The fraction of sp³-hybridized carbons (Fsp3) is 0.800. The van der Waals surface area contributed by atoms with Gasteiger partial charge in [-0.25, -0.2) is 0 Å². The van der Waals surface area contributed by atoms with Crippen LogP contribution in [0.4, 0.5) is 0 Å². The zero-order chi connectivity index (χ0) is 20.5. The fourth-order valence-corrected chi connectivity index (χ4v) is 3.75. The predicted octanol–water partition coefficient (Wildman–Crippen LogP) is 1.53. The number of piperazine rings is 1. The third-order valence-corrected chi connectivity index (χ3v) is 5.52. The highest BCUT2D eigenvalue weighted by Crippen LogP contribution is 2.16. The minimum absolute atomic E-state index is 0. The lowest BCUT2D eigenvalue weighted by molar-refractivity contribution is -0.142. The van der Waals surface area contributed by atoms with Gasteiger partial charge in [-0.3, -0.25) is 9.79 Å². The number of aliphatic imine (C=N–C) groups is 1. The Balaban J connectivity index is 0.00000320. The van der Waals surface area contributed by atoms with Crippen molar-refractivity contribution in [1.82, 2.24) is 29.9 Å². The van der Waals surface area contributed by atoms with Gasteiger partial charge in [0.15, 0.2) is 5.96 Å². The molecule has 9 nitrogen and oxygen atoms in total. The summed E-state index contributed by atoms with van der Waals surface area (Å²) in [6.45, 7) is 10.4. The van der Waals surface area contributed by atoms with Crippen LogP contribution in [-0.2, 0) is 22.5 Å². The van der Waals surface area contributed by atoms with Crippen molar-refractivity contribution in [3.8, 4) is 0 Å². The Morgan fingerprint density at radius 1 is 1.27 bits per heavy atom. The highest BCUT2D eigenvalue weighted by Gasteiger charge is 2.30. The van der Waals surface area contributed by atoms with Crippen LogP contribution in [0.2, 0.25) is 0 Å². The Hall–Kier alpha value is -1.43. The van der Waals surface area contributed by atoms with Crippen LogP contribution < -0.4 is 5.32 Å². The number of carbonyl (C=O) groups is 1. The minimum Gasteiger partial charge on any atom is -0.368 e. The van der Waals surface area contributed by atoms with Gasteiger partial charge >= 0.3 is 0 Å². The van der Waals surface area contributed by atoms with Gasteiger partial charge in [0, 0.05) is 58.8 Å². The molecule has 3 heterocycles. The van der Waals surface area contributed by atoms with Crippen molar-refractivity contribution in [3.05, 3.63) is 12.2 Å². The van der Waals surface area contributed by atoms with Crippen LogP contribution in [0.25, 0.3) is 0 Å². The van der Waals surface area contributed by atoms with E-state index in [4.69, 9.17) is 9.73 Å². The molecule has 0 aromatic carbocycles. The van der Waals surface area contributed by atoms with Crippen molar-refractivity contribution >= 4 is 35.8 Å². The molecule has 3 rings (SSSR count). The number of rotatable bonds is 8. The molecule has 30 heavy (non-hydrogen) atoms. The topological polar surface area (TPSA) is 87.9 Å². The monoisotopic (exact) mass is 533 g/mol. The Morgan fingerprint density at radius 3 is 2.70 bits per heavy atom. The summed E-state index contributed by atoms with van der Waals surface area (Å²) in [5.41, 5.74) is 0. The van der Waals surface area contributed by atoms with Gasteiger partial charge in [0.2, 0.25) is 0 Å². The van der Waals surface area contributed by atoms with E-state index >= 15 is 0 Å². The zero-order valence-electron chi connectivity index (χ0n) is 18.3. The molecule has 1 amide bonds. The summed E-state index contributed by atoms with van der Waals surface area (Å²) in [5.74, 6) is 2.09. The molecule has 1 unspecified atom stereocenters. The standard InChI is InChI=1S/C20H35N7O2.HI/c1-3-5-8-21-20(22-9-10-27-16-23-24-18(27)4-2)26-13-11-25(12-14-26)19(28)17-7-6-15-29-17;/h16-17H,3-15H2,1-2H3,(H,21,22);1H. The van der Waals surface area contributed by atoms with Crippen LogP contribution in [0.5, 0.6) is 0 Å². The summed E-state index contributed by atoms with van der Waals surface area (Å²) in [6, 6.07) is 0. The highest BCUT2D eigenvalue weighted by atomic mass is 127. The number of nitrogens with zero attached hydrogens (tertiary/aromatic N) is 6. The van der Waals surface area contributed by atoms with E-state index < -0.39 is 0 Å². The molecule has 2 fully saturated rings. The molecule has 0 spiro atoms. The molecule has 1 aromatic rings. The molecular formula is C20H36IN7O2. The van der Waals surface area contributed by atoms with Gasteiger partial charge in [0.1, 0.15) is 18.3 Å². The average molecular weight is 533 g/mol. The molecule has 1 atom stereocenters. The average Bonchev–Trinajstić information content (AvgIpc) is 3.44. The first-order valence-electron chi connectivity index (χ1n) is 11.0. The normalized spacial score (nSPS) is 19.7. The highest BCUT2D eigenvalue weighted by molar-refractivity contribution is 14.0. The quantitative estimate of drug-likeness (QED) is 0.236. The molecule has 1 aromatic heterocycles. The molecule has 1 N–H and O–H groups in total. The Kier molecular flexibility index (Phi) is 10.8. The van der Waals surface area contributed by atoms with Crippen molar-refractivity contribution in [2.75, 3.05) is 45.9 Å². The van der Waals surface area contributed by atoms with E-state index in [1.54, 1.807) is 6.33 Å². The van der Waals surface area contributed by atoms with Crippen molar-refractivity contribution in [1.29, 1.82) is 0 Å². The van der Waals surface area contributed by atoms with E-state index in [1.165, 1.54) is 0 Å². The summed E-state index contributed by atoms with van der Waals surface area (Å²) in [4.78, 5) is 21.6. The summed E-state index contributed by atoms with van der Waals surface area (Å²) in [6.07, 6.45) is 6.47. The van der Waals surface area contributed by atoms with Gasteiger partial charge in [0.05, 0.1) is 0 Å². The zero-order valence-corrected chi connectivity index (χ0v) is 20.6. The van der Waals surface area contributed by atoms with E-state index in [1.807, 2.05) is 4.90 Å². The molecule has 0 saturated carbocycles. The van der Waals surface area contributed by atoms with Crippen LogP contribution in [-0.4, -0.2) is 88.4 Å². The van der Waals surface area contributed by atoms with Gasteiger partial charge in [-0.2, -0.15) is 0 Å². The number of guanidine groups is 1. The van der Waals surface area contributed by atoms with Crippen LogP contribution in [0.15, 0.2) is 11.3 Å². The van der Waals surface area contributed by atoms with E-state index in [0.717, 1.165) is 89.7 Å². The number of halogens is 1. The Labute approximate surface area is 196 Å². The molecule has 2 saturated heterocycles. The molecule has 170 valence electrons. The molecule has 0 radical (unpaired) electrons. The predicted molar refractivity (Wildman–Crippen MR) is 127 cm³/mol. The first kappa shape index (κ1) is 24.8. The Morgan fingerprint density at radius 2 is 2.03 bits per heavy atom. The third-order valence-electron chi connectivity index (χ3n) is 5.52. The van der Waals surface area contributed by atoms with Crippen molar-refractivity contribution in [2.45, 2.75) is 58.6 Å². The lowest BCUT2D eigenvalue weighted by Gasteiger charge is -2.37. The number of unbranched alkanes of at least 4 members (excludes halogenated alkanes) is 1. The number of carbonyl (C=O) groups excluding carboxylic acids is 1. The van der Waals surface area contributed by atoms with E-state index in [2.05, 4.69) is 38.8 Å². The lowest BCUT2D eigenvalue weighted by Crippen LogP contribution is -2.55. The smallest absolute Gasteiger partial charge is 0.251 e. The summed E-state index contributed by atoms with van der Waals surface area (Å²) >= 11 is 0. The van der Waals surface area contributed by atoms with Crippen molar-refractivity contribution < 1.29 is 9.53 Å². The lowest BCUT2D eigenvalue weighted by atomic mass is 10.2. The van der Waals surface area contributed by atoms with Gasteiger partial charge < -0.3 is 24.4 Å². The van der Waals surface area contributed by atoms with Gasteiger partial charge in [-0.1, -0.05) is 20.3 Å². The van der Waals surface area contributed by atoms with E-state index in [9.17, 15) is 4.79 Å². The minimum atomic E-state index is -0.228. The second-order valence-corrected chi connectivity index (χ2v) is 7.59. The van der Waals surface area contributed by atoms with Crippen LogP contribution >= 0.6 is 24.0 Å². The van der Waals surface area contributed by atoms with Crippen LogP contribution in [0.1, 0.15) is 45.4 Å². The third kappa shape index (κ3) is 6.79. The van der Waals surface area contributed by atoms with Crippen molar-refractivity contribution in [2.24, 2.45) is 4.99 Å². The second kappa shape index (κ2) is 13.1. The van der Waals surface area contributed by atoms with Crippen molar-refractivity contribution in [3.63, 3.8) is 0 Å². The Bertz CT molecular complexity index is 668. The summed E-state index contributed by atoms with van der Waals surface area (Å²) < 4.78 is 7.64. The maximum Gasteiger partial charge on any atom is 0.251 e. The number of hydrogen-bond donors (Lipinski definition) is 1. The number of nitrogens with one attached hydrogen (secondary N) is 1. The van der Waals surface area contributed by atoms with Crippen LogP contribution in [0.3, 0.4) is 0 Å². The van der Waals surface area contributed by atoms with E-state index in [-0.39, 0.29) is 36.0 Å².